The molecule has 0 amide bonds. The van der Waals surface area contributed by atoms with Gasteiger partial charge in [0, 0.05) is 25.6 Å². The minimum Gasteiger partial charge on any atom is -0.377 e. The monoisotopic (exact) mass is 268 g/mol. The maximum absolute atomic E-state index is 5.82. The maximum atomic E-state index is 5.82. The van der Waals surface area contributed by atoms with Gasteiger partial charge in [-0.25, -0.2) is 9.67 Å². The molecule has 110 valence electrons. The molecule has 5 heteroatoms. The second-order valence-corrected chi connectivity index (χ2v) is 5.24. The molecular weight excluding hydrogens is 240 g/mol. The summed E-state index contributed by atoms with van der Waals surface area (Å²) in [5.41, 5.74) is -0.150. The van der Waals surface area contributed by atoms with Gasteiger partial charge in [-0.05, 0) is 33.7 Å². The molecular formula is C14H28N4O. The van der Waals surface area contributed by atoms with Gasteiger partial charge in [0.1, 0.15) is 12.2 Å². The second-order valence-electron chi connectivity index (χ2n) is 5.24. The summed E-state index contributed by atoms with van der Waals surface area (Å²) < 4.78 is 7.80. The molecule has 1 N–H and O–H groups in total. The molecule has 0 aliphatic rings. The van der Waals surface area contributed by atoms with Gasteiger partial charge < -0.3 is 10.1 Å². The first-order chi connectivity index (χ1) is 9.04. The van der Waals surface area contributed by atoms with E-state index >= 15 is 0 Å². The van der Waals surface area contributed by atoms with E-state index in [1.54, 1.807) is 13.4 Å². The first-order valence-corrected chi connectivity index (χ1v) is 7.15. The zero-order valence-electron chi connectivity index (χ0n) is 13.1. The third-order valence-corrected chi connectivity index (χ3v) is 4.11. The highest BCUT2D eigenvalue weighted by Crippen LogP contribution is 2.26. The van der Waals surface area contributed by atoms with Crippen LogP contribution in [-0.2, 0) is 11.2 Å². The lowest BCUT2D eigenvalue weighted by Gasteiger charge is -2.38. The van der Waals surface area contributed by atoms with Crippen LogP contribution in [-0.4, -0.2) is 40.6 Å². The van der Waals surface area contributed by atoms with Crippen molar-refractivity contribution in [1.29, 1.82) is 0 Å². The molecule has 0 saturated carbocycles. The summed E-state index contributed by atoms with van der Waals surface area (Å²) in [6.45, 7) is 8.58. The van der Waals surface area contributed by atoms with Crippen molar-refractivity contribution in [3.05, 3.63) is 12.2 Å². The van der Waals surface area contributed by atoms with Gasteiger partial charge in [0.25, 0.3) is 0 Å². The van der Waals surface area contributed by atoms with Gasteiger partial charge in [-0.3, -0.25) is 0 Å². The van der Waals surface area contributed by atoms with Crippen LogP contribution in [0.1, 0.15) is 52.4 Å². The molecule has 1 heterocycles. The highest BCUT2D eigenvalue weighted by atomic mass is 16.5. The van der Waals surface area contributed by atoms with Crippen molar-refractivity contribution < 1.29 is 4.74 Å². The molecule has 1 aromatic heterocycles. The molecule has 1 aromatic rings. The van der Waals surface area contributed by atoms with Crippen LogP contribution in [0.4, 0.5) is 0 Å². The Balaban J connectivity index is 2.95. The molecule has 0 spiro atoms. The second kappa shape index (κ2) is 7.01. The van der Waals surface area contributed by atoms with Crippen molar-refractivity contribution in [2.75, 3.05) is 14.2 Å². The molecule has 5 nitrogen and oxygen atoms in total. The number of hydrogen-bond acceptors (Lipinski definition) is 4. The van der Waals surface area contributed by atoms with E-state index in [4.69, 9.17) is 4.74 Å². The fourth-order valence-electron chi connectivity index (χ4n) is 2.76. The Morgan fingerprint density at radius 2 is 2.00 bits per heavy atom. The van der Waals surface area contributed by atoms with Crippen molar-refractivity contribution in [3.63, 3.8) is 0 Å². The van der Waals surface area contributed by atoms with Crippen LogP contribution in [0, 0.1) is 0 Å². The fraction of sp³-hybridized carbons (Fsp3) is 0.857. The Morgan fingerprint density at radius 3 is 2.42 bits per heavy atom. The average Bonchev–Trinajstić information content (AvgIpc) is 2.88. The van der Waals surface area contributed by atoms with E-state index in [1.165, 1.54) is 0 Å². The molecule has 19 heavy (non-hydrogen) atoms. The molecule has 0 aliphatic heterocycles. The molecule has 1 rings (SSSR count). The summed E-state index contributed by atoms with van der Waals surface area (Å²) in [6, 6.07) is 0.560. The van der Waals surface area contributed by atoms with Gasteiger partial charge in [-0.1, -0.05) is 13.8 Å². The van der Waals surface area contributed by atoms with Gasteiger partial charge in [-0.15, -0.1) is 0 Å². The van der Waals surface area contributed by atoms with Crippen molar-refractivity contribution in [1.82, 2.24) is 20.1 Å². The third kappa shape index (κ3) is 3.34. The van der Waals surface area contributed by atoms with Gasteiger partial charge in [0.2, 0.25) is 0 Å². The summed E-state index contributed by atoms with van der Waals surface area (Å²) in [5, 5.41) is 7.69. The summed E-state index contributed by atoms with van der Waals surface area (Å²) in [7, 11) is 3.78. The molecule has 0 aromatic carbocycles. The highest BCUT2D eigenvalue weighted by molar-refractivity contribution is 4.99. The predicted molar refractivity (Wildman–Crippen MR) is 77.3 cm³/mol. The van der Waals surface area contributed by atoms with Crippen LogP contribution in [0.15, 0.2) is 6.33 Å². The van der Waals surface area contributed by atoms with Crippen LogP contribution in [0.25, 0.3) is 0 Å². The van der Waals surface area contributed by atoms with Gasteiger partial charge in [-0.2, -0.15) is 5.10 Å². The number of hydrogen-bond donors (Lipinski definition) is 1. The van der Waals surface area contributed by atoms with E-state index in [0.29, 0.717) is 6.04 Å². The van der Waals surface area contributed by atoms with E-state index < -0.39 is 0 Å². The Kier molecular flexibility index (Phi) is 5.94. The SMILES string of the molecule is CCC(CC)(OC)C(Cc1ncnn1C(C)C)NC. The van der Waals surface area contributed by atoms with E-state index in [1.807, 2.05) is 11.7 Å². The lowest BCUT2D eigenvalue weighted by atomic mass is 9.86. The molecule has 0 aliphatic carbocycles. The molecule has 0 bridgehead atoms. The van der Waals surface area contributed by atoms with Crippen LogP contribution in [0.5, 0.6) is 0 Å². The lowest BCUT2D eigenvalue weighted by Crippen LogP contribution is -2.52. The first-order valence-electron chi connectivity index (χ1n) is 7.15. The number of methoxy groups -OCH3 is 1. The zero-order chi connectivity index (χ0) is 14.5. The molecule has 0 saturated heterocycles. The molecule has 0 fully saturated rings. The minimum atomic E-state index is -0.150. The number of nitrogens with zero attached hydrogens (tertiary/aromatic N) is 3. The fourth-order valence-corrected chi connectivity index (χ4v) is 2.76. The van der Waals surface area contributed by atoms with Gasteiger partial charge in [0.05, 0.1) is 5.60 Å². The Morgan fingerprint density at radius 1 is 1.37 bits per heavy atom. The first kappa shape index (κ1) is 16.1. The maximum Gasteiger partial charge on any atom is 0.138 e. The van der Waals surface area contributed by atoms with Crippen LogP contribution in [0.2, 0.25) is 0 Å². The van der Waals surface area contributed by atoms with E-state index in [-0.39, 0.29) is 11.6 Å². The Bertz CT molecular complexity index is 363. The zero-order valence-corrected chi connectivity index (χ0v) is 13.1. The molecule has 0 radical (unpaired) electrons. The van der Waals surface area contributed by atoms with Crippen LogP contribution < -0.4 is 5.32 Å². The van der Waals surface area contributed by atoms with Crippen molar-refractivity contribution in [2.45, 2.75) is 64.6 Å². The topological polar surface area (TPSA) is 52.0 Å². The Labute approximate surface area is 116 Å². The quantitative estimate of drug-likeness (QED) is 0.785. The minimum absolute atomic E-state index is 0.150. The highest BCUT2D eigenvalue weighted by Gasteiger charge is 2.35. The van der Waals surface area contributed by atoms with Gasteiger partial charge >= 0.3 is 0 Å². The van der Waals surface area contributed by atoms with Crippen molar-refractivity contribution >= 4 is 0 Å². The number of aromatic nitrogens is 3. The third-order valence-electron chi connectivity index (χ3n) is 4.11. The van der Waals surface area contributed by atoms with Crippen molar-refractivity contribution in [3.8, 4) is 0 Å². The molecule has 1 atom stereocenters. The largest absolute Gasteiger partial charge is 0.377 e. The summed E-state index contributed by atoms with van der Waals surface area (Å²) >= 11 is 0. The number of ether oxygens (including phenoxy) is 1. The van der Waals surface area contributed by atoms with Crippen molar-refractivity contribution in [2.24, 2.45) is 0 Å². The van der Waals surface area contributed by atoms with E-state index in [2.05, 4.69) is 43.1 Å². The van der Waals surface area contributed by atoms with Gasteiger partial charge in [0.15, 0.2) is 0 Å². The standard InChI is InChI=1S/C14H28N4O/c1-7-14(8-2,19-6)12(15-5)9-13-16-10-17-18(13)11(3)4/h10-12,15H,7-9H2,1-6H3. The summed E-state index contributed by atoms with van der Waals surface area (Å²) in [6.07, 6.45) is 4.40. The molecule has 1 unspecified atom stereocenters. The average molecular weight is 268 g/mol. The predicted octanol–water partition coefficient (Wildman–Crippen LogP) is 2.19. The summed E-state index contributed by atoms with van der Waals surface area (Å²) in [4.78, 5) is 4.40. The lowest BCUT2D eigenvalue weighted by molar-refractivity contribution is -0.0461. The van der Waals surface area contributed by atoms with Crippen LogP contribution in [0.3, 0.4) is 0 Å². The van der Waals surface area contributed by atoms with E-state index in [9.17, 15) is 0 Å². The normalized spacial score (nSPS) is 14.1. The van der Waals surface area contributed by atoms with Crippen LogP contribution >= 0.6 is 0 Å². The van der Waals surface area contributed by atoms with E-state index in [0.717, 1.165) is 25.1 Å². The Hall–Kier alpha value is -0.940. The number of rotatable bonds is 8. The smallest absolute Gasteiger partial charge is 0.138 e. The number of nitrogens with one attached hydrogen (secondary N) is 1. The summed E-state index contributed by atoms with van der Waals surface area (Å²) in [5.74, 6) is 1.01. The number of likely N-dealkylation sites (N-methyl/N-ethyl adjacent to an activating group) is 1.